The van der Waals surface area contributed by atoms with Gasteiger partial charge in [-0.3, -0.25) is 4.90 Å². The number of thiocarbonyl (C=S) groups is 1. The lowest BCUT2D eigenvalue weighted by Gasteiger charge is -2.31. The average molecular weight is 451 g/mol. The molecule has 2 saturated heterocycles. The standard InChI is InChI=1S/C17H21F3N4O3S2/c1-21-29(26)6-4-23(5-7-29)14-3-2-11(8-13(14)18)24-10-12(27-17(24)25)9-22-16(28)15(19)20/h2-3,8,12,15H,4-7,9-10H2,1H3,(H,22,28). The van der Waals surface area contributed by atoms with Gasteiger partial charge >= 0.3 is 6.09 Å². The molecule has 1 aromatic rings. The Balaban J connectivity index is 1.65. The molecule has 0 saturated carbocycles. The van der Waals surface area contributed by atoms with E-state index >= 15 is 0 Å². The summed E-state index contributed by atoms with van der Waals surface area (Å²) in [6.07, 6.45) is -4.15. The van der Waals surface area contributed by atoms with Crippen molar-refractivity contribution in [3.63, 3.8) is 0 Å². The van der Waals surface area contributed by atoms with Crippen LogP contribution in [0.15, 0.2) is 22.6 Å². The summed E-state index contributed by atoms with van der Waals surface area (Å²) in [5.74, 6) is 0.231. The van der Waals surface area contributed by atoms with Crippen LogP contribution in [0.4, 0.5) is 29.3 Å². The molecule has 0 aromatic heterocycles. The first-order chi connectivity index (χ1) is 13.7. The summed E-state index contributed by atoms with van der Waals surface area (Å²) in [7, 11) is -0.670. The van der Waals surface area contributed by atoms with E-state index in [1.807, 2.05) is 0 Å². The van der Waals surface area contributed by atoms with Crippen LogP contribution in [0.1, 0.15) is 0 Å². The molecule has 12 heteroatoms. The molecule has 1 atom stereocenters. The number of halogens is 3. The summed E-state index contributed by atoms with van der Waals surface area (Å²) in [5, 5.41) is 2.36. The second kappa shape index (κ2) is 8.74. The van der Waals surface area contributed by atoms with Crippen LogP contribution in [0.5, 0.6) is 0 Å². The third-order valence-corrected chi connectivity index (χ3v) is 7.48. The van der Waals surface area contributed by atoms with Crippen LogP contribution in [0.3, 0.4) is 0 Å². The molecular weight excluding hydrogens is 429 g/mol. The number of nitrogens with zero attached hydrogens (tertiary/aromatic N) is 3. The fourth-order valence-electron chi connectivity index (χ4n) is 3.19. The minimum absolute atomic E-state index is 0.0541. The zero-order valence-corrected chi connectivity index (χ0v) is 17.3. The highest BCUT2D eigenvalue weighted by Crippen LogP contribution is 2.28. The molecule has 2 heterocycles. The summed E-state index contributed by atoms with van der Waals surface area (Å²) < 4.78 is 60.9. The first-order valence-electron chi connectivity index (χ1n) is 8.91. The Kier molecular flexibility index (Phi) is 6.52. The van der Waals surface area contributed by atoms with Gasteiger partial charge in [0.1, 0.15) is 16.9 Å². The number of ether oxygens (including phenoxy) is 1. The van der Waals surface area contributed by atoms with E-state index in [9.17, 15) is 22.2 Å². The fourth-order valence-corrected chi connectivity index (χ4v) is 4.86. The number of nitrogens with one attached hydrogen (secondary N) is 1. The van der Waals surface area contributed by atoms with Crippen LogP contribution in [0.25, 0.3) is 0 Å². The summed E-state index contributed by atoms with van der Waals surface area (Å²) in [4.78, 5) is 14.5. The highest BCUT2D eigenvalue weighted by Gasteiger charge is 2.33. The van der Waals surface area contributed by atoms with Crippen molar-refractivity contribution in [1.82, 2.24) is 5.32 Å². The molecular formula is C17H21F3N4O3S2. The van der Waals surface area contributed by atoms with Crippen LogP contribution < -0.4 is 15.1 Å². The Bertz CT molecular complexity index is 907. The first-order valence-corrected chi connectivity index (χ1v) is 11.2. The molecule has 1 amide bonds. The molecule has 29 heavy (non-hydrogen) atoms. The van der Waals surface area contributed by atoms with Crippen molar-refractivity contribution in [2.45, 2.75) is 12.5 Å². The lowest BCUT2D eigenvalue weighted by atomic mass is 10.2. The van der Waals surface area contributed by atoms with Crippen LogP contribution >= 0.6 is 12.2 Å². The van der Waals surface area contributed by atoms with E-state index in [1.165, 1.54) is 18.0 Å². The number of hydrogen-bond donors (Lipinski definition) is 1. The summed E-state index contributed by atoms with van der Waals surface area (Å²) in [5.41, 5.74) is 0.666. The Morgan fingerprint density at radius 3 is 2.69 bits per heavy atom. The Hall–Kier alpha value is -2.08. The molecule has 1 unspecified atom stereocenters. The van der Waals surface area contributed by atoms with Gasteiger partial charge in [-0.15, -0.1) is 0 Å². The van der Waals surface area contributed by atoms with Gasteiger partial charge in [-0.25, -0.2) is 26.5 Å². The van der Waals surface area contributed by atoms with Crippen molar-refractivity contribution in [3.8, 4) is 0 Å². The van der Waals surface area contributed by atoms with E-state index in [2.05, 4.69) is 21.9 Å². The fraction of sp³-hybridized carbons (Fsp3) is 0.529. The second-order valence-electron chi connectivity index (χ2n) is 6.65. The Labute approximate surface area is 172 Å². The minimum Gasteiger partial charge on any atom is -0.442 e. The molecule has 1 aromatic carbocycles. The minimum atomic E-state index is -2.78. The predicted octanol–water partition coefficient (Wildman–Crippen LogP) is 2.25. The summed E-state index contributed by atoms with van der Waals surface area (Å²) >= 11 is 4.49. The molecule has 0 bridgehead atoms. The highest BCUT2D eigenvalue weighted by atomic mass is 32.2. The molecule has 7 nitrogen and oxygen atoms in total. The van der Waals surface area contributed by atoms with Crippen molar-refractivity contribution in [3.05, 3.63) is 24.0 Å². The number of hydrogen-bond acceptors (Lipinski definition) is 6. The monoisotopic (exact) mass is 450 g/mol. The van der Waals surface area contributed by atoms with Crippen LogP contribution in [-0.4, -0.2) is 72.6 Å². The molecule has 160 valence electrons. The SMILES string of the molecule is CN=S1(=O)CCN(c2ccc(N3CC(CNC(=S)C(F)F)OC3=O)cc2F)CC1. The average Bonchev–Trinajstić information content (AvgIpc) is 3.07. The maximum atomic E-state index is 14.7. The van der Waals surface area contributed by atoms with E-state index < -0.39 is 39.2 Å². The third-order valence-electron chi connectivity index (χ3n) is 4.85. The van der Waals surface area contributed by atoms with Crippen molar-refractivity contribution in [2.75, 3.05) is 54.5 Å². The quantitative estimate of drug-likeness (QED) is 0.694. The number of rotatable bonds is 5. The smallest absolute Gasteiger partial charge is 0.414 e. The van der Waals surface area contributed by atoms with Crippen molar-refractivity contribution < 1.29 is 26.9 Å². The van der Waals surface area contributed by atoms with Gasteiger partial charge in [-0.1, -0.05) is 12.2 Å². The topological polar surface area (TPSA) is 74.2 Å². The Morgan fingerprint density at radius 2 is 2.10 bits per heavy atom. The van der Waals surface area contributed by atoms with Gasteiger partial charge in [0.05, 0.1) is 24.5 Å². The highest BCUT2D eigenvalue weighted by molar-refractivity contribution is 7.93. The normalized spacial score (nSPS) is 21.3. The van der Waals surface area contributed by atoms with Gasteiger partial charge in [0.25, 0.3) is 6.43 Å². The van der Waals surface area contributed by atoms with E-state index in [-0.39, 0.29) is 13.1 Å². The molecule has 2 fully saturated rings. The number of amides is 1. The maximum Gasteiger partial charge on any atom is 0.414 e. The van der Waals surface area contributed by atoms with Gasteiger partial charge in [-0.2, -0.15) is 0 Å². The van der Waals surface area contributed by atoms with Gasteiger partial charge in [0.15, 0.2) is 0 Å². The molecule has 2 aliphatic heterocycles. The largest absolute Gasteiger partial charge is 0.442 e. The number of anilines is 2. The third kappa shape index (κ3) is 4.92. The molecule has 2 aliphatic rings. The lowest BCUT2D eigenvalue weighted by Crippen LogP contribution is -2.40. The van der Waals surface area contributed by atoms with Crippen LogP contribution in [0.2, 0.25) is 0 Å². The van der Waals surface area contributed by atoms with Gasteiger partial charge in [0.2, 0.25) is 0 Å². The van der Waals surface area contributed by atoms with Crippen molar-refractivity contribution in [1.29, 1.82) is 0 Å². The van der Waals surface area contributed by atoms with E-state index in [0.29, 0.717) is 36.0 Å². The summed E-state index contributed by atoms with van der Waals surface area (Å²) in [6, 6.07) is 4.38. The number of alkyl halides is 2. The van der Waals surface area contributed by atoms with E-state index in [4.69, 9.17) is 4.74 Å². The maximum absolute atomic E-state index is 14.7. The summed E-state index contributed by atoms with van der Waals surface area (Å²) in [6.45, 7) is 0.883. The zero-order valence-electron chi connectivity index (χ0n) is 15.6. The van der Waals surface area contributed by atoms with Gasteiger partial charge in [-0.05, 0) is 18.2 Å². The van der Waals surface area contributed by atoms with E-state index in [0.717, 1.165) is 0 Å². The number of carbonyl (C=O) groups excluding carboxylic acids is 1. The predicted molar refractivity (Wildman–Crippen MR) is 109 cm³/mol. The number of cyclic esters (lactones) is 1. The first kappa shape index (κ1) is 21.6. The number of benzene rings is 1. The molecule has 0 radical (unpaired) electrons. The lowest BCUT2D eigenvalue weighted by molar-refractivity contribution is 0.142. The van der Waals surface area contributed by atoms with E-state index in [1.54, 1.807) is 17.0 Å². The van der Waals surface area contributed by atoms with Crippen LogP contribution in [0, 0.1) is 5.82 Å². The second-order valence-corrected chi connectivity index (χ2v) is 9.81. The van der Waals surface area contributed by atoms with Crippen molar-refractivity contribution in [2.24, 2.45) is 4.36 Å². The molecule has 0 aliphatic carbocycles. The number of carbonyl (C=O) groups is 1. The van der Waals surface area contributed by atoms with Gasteiger partial charge < -0.3 is 15.0 Å². The van der Waals surface area contributed by atoms with Crippen LogP contribution in [-0.2, 0) is 14.5 Å². The zero-order chi connectivity index (χ0) is 21.2. The molecule has 3 rings (SSSR count). The molecule has 1 N–H and O–H groups in total. The van der Waals surface area contributed by atoms with Gasteiger partial charge in [0, 0.05) is 41.4 Å². The molecule has 0 spiro atoms. The Morgan fingerprint density at radius 1 is 1.41 bits per heavy atom. The van der Waals surface area contributed by atoms with Crippen molar-refractivity contribution >= 4 is 44.4 Å².